The highest BCUT2D eigenvalue weighted by atomic mass is 32.2. The Morgan fingerprint density at radius 3 is 2.50 bits per heavy atom. The molecule has 8 nitrogen and oxygen atoms in total. The van der Waals surface area contributed by atoms with Crippen LogP contribution < -0.4 is 10.5 Å². The topological polar surface area (TPSA) is 74.3 Å². The van der Waals surface area contributed by atoms with Gasteiger partial charge in [-0.15, -0.1) is 0 Å². The number of nitrogens with zero attached hydrogens (tertiary/aromatic N) is 5. The van der Waals surface area contributed by atoms with Crippen molar-refractivity contribution >= 4 is 51.7 Å². The van der Waals surface area contributed by atoms with Crippen molar-refractivity contribution in [2.24, 2.45) is 0 Å². The summed E-state index contributed by atoms with van der Waals surface area (Å²) in [6, 6.07) is 19.5. The predicted molar refractivity (Wildman–Crippen MR) is 153 cm³/mol. The summed E-state index contributed by atoms with van der Waals surface area (Å²) in [5.74, 6) is 0.994. The van der Waals surface area contributed by atoms with Gasteiger partial charge in [0, 0.05) is 38.9 Å². The van der Waals surface area contributed by atoms with Crippen LogP contribution in [0.1, 0.15) is 16.9 Å². The van der Waals surface area contributed by atoms with E-state index >= 15 is 0 Å². The number of furan rings is 1. The Kier molecular flexibility index (Phi) is 6.84. The average molecular weight is 544 g/mol. The fraction of sp³-hybridized carbons (Fsp3) is 0.214. The van der Waals surface area contributed by atoms with Gasteiger partial charge in [-0.3, -0.25) is 23.8 Å². The third-order valence-electron chi connectivity index (χ3n) is 6.71. The Morgan fingerprint density at radius 2 is 1.74 bits per heavy atom. The quantitative estimate of drug-likeness (QED) is 0.267. The largest absolute Gasteiger partial charge is 0.467 e. The number of hydrogen-bond acceptors (Lipinski definition) is 8. The number of thiocarbonyl (C=S) groups is 1. The summed E-state index contributed by atoms with van der Waals surface area (Å²) in [5.41, 5.74) is 2.03. The van der Waals surface area contributed by atoms with Crippen molar-refractivity contribution in [2.75, 3.05) is 31.1 Å². The van der Waals surface area contributed by atoms with Gasteiger partial charge in [0.15, 0.2) is 0 Å². The van der Waals surface area contributed by atoms with Gasteiger partial charge in [-0.2, -0.15) is 0 Å². The van der Waals surface area contributed by atoms with Crippen molar-refractivity contribution in [3.8, 4) is 0 Å². The van der Waals surface area contributed by atoms with E-state index in [4.69, 9.17) is 21.6 Å². The van der Waals surface area contributed by atoms with E-state index in [9.17, 15) is 9.59 Å². The fourth-order valence-electron chi connectivity index (χ4n) is 4.74. The highest BCUT2D eigenvalue weighted by Gasteiger charge is 2.33. The van der Waals surface area contributed by atoms with E-state index in [0.29, 0.717) is 32.0 Å². The first kappa shape index (κ1) is 24.6. The molecule has 1 aromatic carbocycles. The van der Waals surface area contributed by atoms with Crippen molar-refractivity contribution in [1.29, 1.82) is 0 Å². The van der Waals surface area contributed by atoms with Crippen LogP contribution in [0.25, 0.3) is 11.7 Å². The zero-order chi connectivity index (χ0) is 26.1. The molecule has 38 heavy (non-hydrogen) atoms. The maximum atomic E-state index is 13.7. The second kappa shape index (κ2) is 10.6. The van der Waals surface area contributed by atoms with Crippen molar-refractivity contribution in [2.45, 2.75) is 13.1 Å². The average Bonchev–Trinajstić information content (AvgIpc) is 3.55. The molecule has 2 fully saturated rings. The van der Waals surface area contributed by atoms with Crippen molar-refractivity contribution < 1.29 is 9.21 Å². The first-order valence-electron chi connectivity index (χ1n) is 12.4. The summed E-state index contributed by atoms with van der Waals surface area (Å²) in [5, 5.41) is 0. The Labute approximate surface area is 229 Å². The summed E-state index contributed by atoms with van der Waals surface area (Å²) in [7, 11) is 0. The van der Waals surface area contributed by atoms with Crippen LogP contribution in [0, 0.1) is 0 Å². The highest BCUT2D eigenvalue weighted by Crippen LogP contribution is 2.34. The van der Waals surface area contributed by atoms with Crippen LogP contribution in [-0.4, -0.2) is 55.6 Å². The number of aromatic nitrogens is 2. The molecule has 0 aliphatic carbocycles. The maximum absolute atomic E-state index is 13.7. The fourth-order valence-corrected chi connectivity index (χ4v) is 5.98. The second-order valence-electron chi connectivity index (χ2n) is 9.18. The Hall–Kier alpha value is -3.73. The zero-order valence-corrected chi connectivity index (χ0v) is 22.2. The Balaban J connectivity index is 1.30. The van der Waals surface area contributed by atoms with Crippen LogP contribution in [0.15, 0.2) is 87.2 Å². The van der Waals surface area contributed by atoms with E-state index in [-0.39, 0.29) is 18.0 Å². The summed E-state index contributed by atoms with van der Waals surface area (Å²) < 4.78 is 7.35. The molecule has 0 saturated carbocycles. The number of piperazine rings is 1. The molecule has 0 bridgehead atoms. The minimum absolute atomic E-state index is 0.214. The molecular formula is C28H25N5O3S2. The molecule has 192 valence electrons. The van der Waals surface area contributed by atoms with Gasteiger partial charge in [-0.1, -0.05) is 60.4 Å². The molecule has 6 rings (SSSR count). The van der Waals surface area contributed by atoms with Crippen molar-refractivity contribution in [1.82, 2.24) is 19.2 Å². The standard InChI is InChI=1S/C28H25N5O3S2/c34-26-22(17-23-27(35)33(28(37)38-23)19-21-9-6-16-36-21)25(29-24-10-4-5-11-32(24)26)31-14-12-30(13-15-31)18-20-7-2-1-3-8-20/h1-11,16-17H,12-15,18-19H2/b23-17+. The highest BCUT2D eigenvalue weighted by molar-refractivity contribution is 8.26. The van der Waals surface area contributed by atoms with Crippen molar-refractivity contribution in [3.05, 3.63) is 105 Å². The Morgan fingerprint density at radius 1 is 0.947 bits per heavy atom. The molecule has 5 heterocycles. The number of amides is 1. The number of carbonyl (C=O) groups is 1. The van der Waals surface area contributed by atoms with Gasteiger partial charge in [0.2, 0.25) is 0 Å². The van der Waals surface area contributed by atoms with Crippen LogP contribution in [0.5, 0.6) is 0 Å². The van der Waals surface area contributed by atoms with Crippen LogP contribution in [0.2, 0.25) is 0 Å². The lowest BCUT2D eigenvalue weighted by molar-refractivity contribution is -0.122. The number of carbonyl (C=O) groups excluding carboxylic acids is 1. The summed E-state index contributed by atoms with van der Waals surface area (Å²) >= 11 is 6.68. The number of hydrogen-bond donors (Lipinski definition) is 0. The van der Waals surface area contributed by atoms with Gasteiger partial charge in [0.05, 0.1) is 23.3 Å². The van der Waals surface area contributed by atoms with E-state index in [0.717, 1.165) is 32.7 Å². The molecule has 2 aliphatic rings. The lowest BCUT2D eigenvalue weighted by atomic mass is 10.2. The molecule has 0 N–H and O–H groups in total. The smallest absolute Gasteiger partial charge is 0.267 e. The van der Waals surface area contributed by atoms with Gasteiger partial charge in [-0.25, -0.2) is 4.98 Å². The number of anilines is 1. The number of pyridine rings is 1. The molecule has 2 aliphatic heterocycles. The third-order valence-corrected chi connectivity index (χ3v) is 8.09. The molecular weight excluding hydrogens is 518 g/mol. The molecule has 0 unspecified atom stereocenters. The molecule has 2 saturated heterocycles. The van der Waals surface area contributed by atoms with Gasteiger partial charge in [-0.05, 0) is 35.9 Å². The van der Waals surface area contributed by atoms with Crippen LogP contribution in [0.3, 0.4) is 0 Å². The second-order valence-corrected chi connectivity index (χ2v) is 10.9. The summed E-state index contributed by atoms with van der Waals surface area (Å²) in [6.07, 6.45) is 4.92. The monoisotopic (exact) mass is 543 g/mol. The number of thioether (sulfide) groups is 1. The van der Waals surface area contributed by atoms with Crippen molar-refractivity contribution in [3.63, 3.8) is 0 Å². The van der Waals surface area contributed by atoms with Gasteiger partial charge in [0.1, 0.15) is 21.5 Å². The number of rotatable bonds is 6. The third kappa shape index (κ3) is 4.90. The minimum Gasteiger partial charge on any atom is -0.467 e. The minimum atomic E-state index is -0.243. The molecule has 4 aromatic rings. The maximum Gasteiger partial charge on any atom is 0.267 e. The van der Waals surface area contributed by atoms with Crippen LogP contribution in [0.4, 0.5) is 5.82 Å². The molecule has 1 amide bonds. The van der Waals surface area contributed by atoms with Crippen LogP contribution >= 0.6 is 24.0 Å². The van der Waals surface area contributed by atoms with Gasteiger partial charge < -0.3 is 9.32 Å². The molecule has 0 atom stereocenters. The lowest BCUT2D eigenvalue weighted by Gasteiger charge is -2.36. The van der Waals surface area contributed by atoms with Gasteiger partial charge in [0.25, 0.3) is 11.5 Å². The predicted octanol–water partition coefficient (Wildman–Crippen LogP) is 4.01. The first-order chi connectivity index (χ1) is 18.6. The van der Waals surface area contributed by atoms with Crippen LogP contribution in [-0.2, 0) is 17.9 Å². The summed E-state index contributed by atoms with van der Waals surface area (Å²) in [4.78, 5) is 38.3. The number of fused-ring (bicyclic) bond motifs is 1. The van der Waals surface area contributed by atoms with E-state index < -0.39 is 0 Å². The van der Waals surface area contributed by atoms with E-state index in [1.165, 1.54) is 26.6 Å². The van der Waals surface area contributed by atoms with E-state index in [2.05, 4.69) is 34.1 Å². The first-order valence-corrected chi connectivity index (χ1v) is 13.6. The molecule has 10 heteroatoms. The SMILES string of the molecule is O=C1/C(=C\c2c(N3CCN(Cc4ccccc4)CC3)nc3ccccn3c2=O)SC(=S)N1Cc1ccco1. The van der Waals surface area contributed by atoms with E-state index in [1.54, 1.807) is 36.7 Å². The van der Waals surface area contributed by atoms with Gasteiger partial charge >= 0.3 is 0 Å². The molecule has 0 spiro atoms. The molecule has 3 aromatic heterocycles. The zero-order valence-electron chi connectivity index (χ0n) is 20.5. The normalized spacial score (nSPS) is 17.7. The molecule has 0 radical (unpaired) electrons. The lowest BCUT2D eigenvalue weighted by Crippen LogP contribution is -2.47. The summed E-state index contributed by atoms with van der Waals surface area (Å²) in [6.45, 7) is 4.27. The van der Waals surface area contributed by atoms with E-state index in [1.807, 2.05) is 18.2 Å². The Bertz CT molecular complexity index is 1580. The number of benzene rings is 1.